The van der Waals surface area contributed by atoms with Crippen LogP contribution in [0.15, 0.2) is 0 Å². The van der Waals surface area contributed by atoms with Crippen LogP contribution in [-0.4, -0.2) is 55.3 Å². The van der Waals surface area contributed by atoms with E-state index in [1.165, 1.54) is 0 Å². The molecule has 2 aliphatic rings. The third-order valence-corrected chi connectivity index (χ3v) is 6.50. The number of nitrogens with one attached hydrogen (secondary N) is 1. The molecule has 0 aromatic rings. The third-order valence-electron chi connectivity index (χ3n) is 4.30. The van der Waals surface area contributed by atoms with Gasteiger partial charge in [0.2, 0.25) is 0 Å². The molecule has 1 N–H and O–H groups in total. The smallest absolute Gasteiger partial charge is 0.282 e. The van der Waals surface area contributed by atoms with Gasteiger partial charge in [0, 0.05) is 31.7 Å². The van der Waals surface area contributed by atoms with Crippen LogP contribution in [-0.2, 0) is 10.2 Å². The Balaban J connectivity index is 2.05. The molecule has 2 atom stereocenters. The van der Waals surface area contributed by atoms with Crippen molar-refractivity contribution in [1.82, 2.24) is 13.9 Å². The number of hydrogen-bond acceptors (Lipinski definition) is 3. The van der Waals surface area contributed by atoms with Crippen LogP contribution in [0.4, 0.5) is 0 Å². The quantitative estimate of drug-likeness (QED) is 0.827. The van der Waals surface area contributed by atoms with Crippen molar-refractivity contribution < 1.29 is 8.42 Å². The first kappa shape index (κ1) is 15.2. The summed E-state index contributed by atoms with van der Waals surface area (Å²) in [4.78, 5) is 0. The van der Waals surface area contributed by atoms with Crippen molar-refractivity contribution in [3.8, 4) is 0 Å². The number of rotatable bonds is 5. The van der Waals surface area contributed by atoms with Crippen molar-refractivity contribution in [2.24, 2.45) is 0 Å². The number of likely N-dealkylation sites (N-methyl/N-ethyl adjacent to an activating group) is 1. The van der Waals surface area contributed by atoms with Gasteiger partial charge in [-0.1, -0.05) is 13.3 Å². The minimum atomic E-state index is -3.28. The van der Waals surface area contributed by atoms with E-state index in [2.05, 4.69) is 5.32 Å². The Kier molecular flexibility index (Phi) is 5.22. The van der Waals surface area contributed by atoms with Gasteiger partial charge >= 0.3 is 0 Å². The van der Waals surface area contributed by atoms with Gasteiger partial charge in [-0.15, -0.1) is 0 Å². The summed E-state index contributed by atoms with van der Waals surface area (Å²) in [6.45, 7) is 6.83. The lowest BCUT2D eigenvalue weighted by Crippen LogP contribution is -2.52. The van der Waals surface area contributed by atoms with Crippen LogP contribution in [0.2, 0.25) is 0 Å². The van der Waals surface area contributed by atoms with Crippen LogP contribution in [0.3, 0.4) is 0 Å². The molecule has 2 aliphatic heterocycles. The Hall–Kier alpha value is -0.170. The molecular formula is C13H27N3O2S. The fourth-order valence-corrected chi connectivity index (χ4v) is 5.02. The Morgan fingerprint density at radius 2 is 2.05 bits per heavy atom. The second-order valence-corrected chi connectivity index (χ2v) is 7.59. The van der Waals surface area contributed by atoms with Crippen molar-refractivity contribution in [1.29, 1.82) is 0 Å². The topological polar surface area (TPSA) is 52.7 Å². The van der Waals surface area contributed by atoms with E-state index in [0.717, 1.165) is 38.6 Å². The molecule has 0 amide bonds. The number of hydrogen-bond donors (Lipinski definition) is 1. The predicted molar refractivity (Wildman–Crippen MR) is 77.2 cm³/mol. The van der Waals surface area contributed by atoms with Gasteiger partial charge < -0.3 is 5.32 Å². The van der Waals surface area contributed by atoms with Crippen molar-refractivity contribution in [3.05, 3.63) is 0 Å². The van der Waals surface area contributed by atoms with E-state index in [1.807, 2.05) is 13.8 Å². The minimum Gasteiger partial charge on any atom is -0.313 e. The van der Waals surface area contributed by atoms with E-state index in [0.29, 0.717) is 25.7 Å². The number of nitrogens with zero attached hydrogens (tertiary/aromatic N) is 2. The van der Waals surface area contributed by atoms with Gasteiger partial charge in [-0.05, 0) is 39.2 Å². The molecule has 0 aromatic carbocycles. The minimum absolute atomic E-state index is 0.143. The van der Waals surface area contributed by atoms with E-state index in [9.17, 15) is 8.42 Å². The lowest BCUT2D eigenvalue weighted by Gasteiger charge is -2.36. The van der Waals surface area contributed by atoms with Crippen LogP contribution in [0.25, 0.3) is 0 Å². The zero-order valence-electron chi connectivity index (χ0n) is 12.1. The molecule has 0 bridgehead atoms. The summed E-state index contributed by atoms with van der Waals surface area (Å²) in [7, 11) is -3.28. The highest BCUT2D eigenvalue weighted by Crippen LogP contribution is 2.23. The van der Waals surface area contributed by atoms with Gasteiger partial charge in [0.15, 0.2) is 0 Å². The molecule has 0 saturated carbocycles. The Morgan fingerprint density at radius 3 is 2.63 bits per heavy atom. The normalized spacial score (nSPS) is 30.1. The first-order valence-electron chi connectivity index (χ1n) is 7.56. The monoisotopic (exact) mass is 289 g/mol. The molecule has 2 heterocycles. The molecule has 2 fully saturated rings. The average molecular weight is 289 g/mol. The van der Waals surface area contributed by atoms with Crippen LogP contribution in [0.1, 0.15) is 46.0 Å². The summed E-state index contributed by atoms with van der Waals surface area (Å²) >= 11 is 0. The van der Waals surface area contributed by atoms with Crippen molar-refractivity contribution >= 4 is 10.2 Å². The summed E-state index contributed by atoms with van der Waals surface area (Å²) in [5.41, 5.74) is 0. The lowest BCUT2D eigenvalue weighted by molar-refractivity contribution is 0.242. The first-order valence-corrected chi connectivity index (χ1v) is 8.95. The highest BCUT2D eigenvalue weighted by Gasteiger charge is 2.35. The molecule has 0 spiro atoms. The molecule has 2 saturated heterocycles. The summed E-state index contributed by atoms with van der Waals surface area (Å²) in [6, 6.07) is 0.471. The van der Waals surface area contributed by atoms with Crippen LogP contribution in [0.5, 0.6) is 0 Å². The molecule has 2 rings (SSSR count). The second-order valence-electron chi connectivity index (χ2n) is 5.71. The van der Waals surface area contributed by atoms with E-state index in [1.54, 1.807) is 8.61 Å². The molecule has 2 unspecified atom stereocenters. The summed E-state index contributed by atoms with van der Waals surface area (Å²) in [5, 5.41) is 3.38. The molecule has 6 heteroatoms. The SMILES string of the molecule is CCN(CC1CCCN1)S(=O)(=O)N1CCCCC1C. The highest BCUT2D eigenvalue weighted by atomic mass is 32.2. The largest absolute Gasteiger partial charge is 0.313 e. The lowest BCUT2D eigenvalue weighted by atomic mass is 10.1. The molecule has 112 valence electrons. The highest BCUT2D eigenvalue weighted by molar-refractivity contribution is 7.86. The Labute approximate surface area is 117 Å². The van der Waals surface area contributed by atoms with E-state index in [4.69, 9.17) is 0 Å². The summed E-state index contributed by atoms with van der Waals surface area (Å²) < 4.78 is 28.8. The van der Waals surface area contributed by atoms with Gasteiger partial charge in [0.05, 0.1) is 0 Å². The van der Waals surface area contributed by atoms with E-state index in [-0.39, 0.29) is 6.04 Å². The van der Waals surface area contributed by atoms with Crippen LogP contribution >= 0.6 is 0 Å². The Bertz CT molecular complexity index is 379. The van der Waals surface area contributed by atoms with Gasteiger partial charge in [0.1, 0.15) is 0 Å². The summed E-state index contributed by atoms with van der Waals surface area (Å²) in [6.07, 6.45) is 5.36. The van der Waals surface area contributed by atoms with Crippen molar-refractivity contribution in [3.63, 3.8) is 0 Å². The molecule has 19 heavy (non-hydrogen) atoms. The van der Waals surface area contributed by atoms with Gasteiger partial charge in [-0.2, -0.15) is 17.0 Å². The fourth-order valence-electron chi connectivity index (χ4n) is 3.11. The van der Waals surface area contributed by atoms with Gasteiger partial charge in [0.25, 0.3) is 10.2 Å². The summed E-state index contributed by atoms with van der Waals surface area (Å²) in [5.74, 6) is 0. The predicted octanol–water partition coefficient (Wildman–Crippen LogP) is 1.18. The van der Waals surface area contributed by atoms with Crippen LogP contribution in [0, 0.1) is 0 Å². The molecule has 0 radical (unpaired) electrons. The van der Waals surface area contributed by atoms with Gasteiger partial charge in [-0.3, -0.25) is 0 Å². The molecule has 0 aromatic heterocycles. The van der Waals surface area contributed by atoms with Gasteiger partial charge in [-0.25, -0.2) is 0 Å². The number of piperidine rings is 1. The third kappa shape index (κ3) is 3.48. The Morgan fingerprint density at radius 1 is 1.26 bits per heavy atom. The molecule has 0 aliphatic carbocycles. The van der Waals surface area contributed by atoms with Crippen LogP contribution < -0.4 is 5.32 Å². The zero-order valence-corrected chi connectivity index (χ0v) is 13.0. The van der Waals surface area contributed by atoms with Crippen molar-refractivity contribution in [2.75, 3.05) is 26.2 Å². The standard InChI is InChI=1S/C13H27N3O2S/c1-3-15(11-13-8-6-9-14-13)19(17,18)16-10-5-4-7-12(16)2/h12-14H,3-11H2,1-2H3. The maximum atomic E-state index is 12.7. The molecule has 5 nitrogen and oxygen atoms in total. The zero-order chi connectivity index (χ0) is 13.9. The fraction of sp³-hybridized carbons (Fsp3) is 1.00. The van der Waals surface area contributed by atoms with E-state index >= 15 is 0 Å². The first-order chi connectivity index (χ1) is 9.05. The van der Waals surface area contributed by atoms with E-state index < -0.39 is 10.2 Å². The maximum absolute atomic E-state index is 12.7. The van der Waals surface area contributed by atoms with Crippen molar-refractivity contribution in [2.45, 2.75) is 58.0 Å². The average Bonchev–Trinajstić information content (AvgIpc) is 2.89. The second kappa shape index (κ2) is 6.52. The molecular weight excluding hydrogens is 262 g/mol. The maximum Gasteiger partial charge on any atom is 0.282 e.